The second-order valence-electron chi connectivity index (χ2n) is 10.2. The van der Waals surface area contributed by atoms with E-state index in [-0.39, 0.29) is 50.0 Å². The van der Waals surface area contributed by atoms with E-state index in [0.717, 1.165) is 18.4 Å². The number of nitrogens with zero attached hydrogens (tertiary/aromatic N) is 1. The Morgan fingerprint density at radius 3 is 2.60 bits per heavy atom. The van der Waals surface area contributed by atoms with Gasteiger partial charge in [0, 0.05) is 19.7 Å². The SMILES string of the molecule is COc1ccc([C@H](CC(=O)N(CC(=O)NC[C@H]2CCCO2)Cc2ccc3c(c2)OCO3)NC(=O)c2ccco2)cc1OC. The van der Waals surface area contributed by atoms with Crippen molar-refractivity contribution >= 4 is 17.7 Å². The van der Waals surface area contributed by atoms with Crippen LogP contribution in [-0.2, 0) is 20.9 Å². The smallest absolute Gasteiger partial charge is 0.287 e. The Morgan fingerprint density at radius 1 is 1.02 bits per heavy atom. The zero-order chi connectivity index (χ0) is 30.2. The van der Waals surface area contributed by atoms with Gasteiger partial charge in [-0.3, -0.25) is 14.4 Å². The second-order valence-corrected chi connectivity index (χ2v) is 10.2. The molecule has 2 N–H and O–H groups in total. The topological polar surface area (TPSA) is 138 Å². The lowest BCUT2D eigenvalue weighted by Crippen LogP contribution is -2.43. The Balaban J connectivity index is 1.37. The molecule has 2 aliphatic rings. The van der Waals surface area contributed by atoms with Gasteiger partial charge in [0.2, 0.25) is 18.6 Å². The number of hydrogen-bond acceptors (Lipinski definition) is 9. The molecule has 0 aliphatic carbocycles. The quantitative estimate of drug-likeness (QED) is 0.306. The van der Waals surface area contributed by atoms with Gasteiger partial charge >= 0.3 is 0 Å². The van der Waals surface area contributed by atoms with Crippen molar-refractivity contribution in [2.45, 2.75) is 38.0 Å². The van der Waals surface area contributed by atoms with Crippen LogP contribution in [0, 0.1) is 0 Å². The molecule has 1 saturated heterocycles. The van der Waals surface area contributed by atoms with Crippen molar-refractivity contribution in [3.05, 3.63) is 71.7 Å². The van der Waals surface area contributed by atoms with E-state index in [4.69, 9.17) is 28.1 Å². The molecule has 1 aromatic heterocycles. The van der Waals surface area contributed by atoms with E-state index in [9.17, 15) is 14.4 Å². The summed E-state index contributed by atoms with van der Waals surface area (Å²) < 4.78 is 32.6. The molecule has 0 saturated carbocycles. The summed E-state index contributed by atoms with van der Waals surface area (Å²) in [6.07, 6.45) is 3.05. The number of fused-ring (bicyclic) bond motifs is 1. The molecule has 3 heterocycles. The average Bonchev–Trinajstić information content (AvgIpc) is 3.82. The number of methoxy groups -OCH3 is 2. The predicted molar refractivity (Wildman–Crippen MR) is 153 cm³/mol. The van der Waals surface area contributed by atoms with Crippen molar-refractivity contribution in [2.75, 3.05) is 40.7 Å². The molecular formula is C31H35N3O9. The Morgan fingerprint density at radius 2 is 1.86 bits per heavy atom. The van der Waals surface area contributed by atoms with Gasteiger partial charge in [0.25, 0.3) is 5.91 Å². The van der Waals surface area contributed by atoms with Gasteiger partial charge in [0.05, 0.1) is 45.6 Å². The molecule has 1 fully saturated rings. The van der Waals surface area contributed by atoms with Crippen molar-refractivity contribution in [1.82, 2.24) is 15.5 Å². The summed E-state index contributed by atoms with van der Waals surface area (Å²) >= 11 is 0. The van der Waals surface area contributed by atoms with Crippen LogP contribution in [0.1, 0.15) is 47.0 Å². The number of ether oxygens (including phenoxy) is 5. The molecule has 3 amide bonds. The molecule has 12 nitrogen and oxygen atoms in total. The lowest BCUT2D eigenvalue weighted by Gasteiger charge is -2.26. The summed E-state index contributed by atoms with van der Waals surface area (Å²) in [6.45, 7) is 1.11. The van der Waals surface area contributed by atoms with Gasteiger partial charge in [-0.25, -0.2) is 0 Å². The van der Waals surface area contributed by atoms with E-state index in [1.807, 2.05) is 6.07 Å². The molecule has 12 heteroatoms. The van der Waals surface area contributed by atoms with Crippen LogP contribution >= 0.6 is 0 Å². The summed E-state index contributed by atoms with van der Waals surface area (Å²) in [7, 11) is 3.03. The third-order valence-electron chi connectivity index (χ3n) is 7.29. The zero-order valence-electron chi connectivity index (χ0n) is 24.1. The molecule has 2 aromatic carbocycles. The summed E-state index contributed by atoms with van der Waals surface area (Å²) in [4.78, 5) is 41.4. The standard InChI is InChI=1S/C31H35N3O9/c1-38-24-10-8-21(14-27(24)39-2)23(33-31(37)26-6-4-12-41-26)15-30(36)34(18-29(35)32-16-22-5-3-11-40-22)17-20-7-9-25-28(13-20)43-19-42-25/h4,6-10,12-14,22-23H,3,5,11,15-19H2,1-2H3,(H,32,35)(H,33,37)/t22-,23+/m1/s1. The molecule has 0 unspecified atom stereocenters. The third-order valence-corrected chi connectivity index (χ3v) is 7.29. The van der Waals surface area contributed by atoms with Crippen LogP contribution in [0.2, 0.25) is 0 Å². The van der Waals surface area contributed by atoms with Crippen LogP contribution in [0.25, 0.3) is 0 Å². The normalized spacial score (nSPS) is 15.9. The van der Waals surface area contributed by atoms with Gasteiger partial charge in [-0.15, -0.1) is 0 Å². The Kier molecular flexibility index (Phi) is 9.67. The molecule has 0 spiro atoms. The monoisotopic (exact) mass is 593 g/mol. The number of carbonyl (C=O) groups excluding carboxylic acids is 3. The number of hydrogen-bond donors (Lipinski definition) is 2. The van der Waals surface area contributed by atoms with Crippen LogP contribution in [0.5, 0.6) is 23.0 Å². The van der Waals surface area contributed by atoms with Gasteiger partial charge in [0.1, 0.15) is 0 Å². The first-order valence-electron chi connectivity index (χ1n) is 14.0. The molecule has 5 rings (SSSR count). The van der Waals surface area contributed by atoms with Crippen LogP contribution < -0.4 is 29.6 Å². The number of nitrogens with one attached hydrogen (secondary N) is 2. The molecular weight excluding hydrogens is 558 g/mol. The van der Waals surface area contributed by atoms with E-state index in [1.165, 1.54) is 31.4 Å². The fourth-order valence-electron chi connectivity index (χ4n) is 5.02. The van der Waals surface area contributed by atoms with Crippen LogP contribution in [-0.4, -0.2) is 69.4 Å². The van der Waals surface area contributed by atoms with Gasteiger partial charge < -0.3 is 43.6 Å². The maximum atomic E-state index is 13.9. The molecule has 2 aliphatic heterocycles. The number of carbonyl (C=O) groups is 3. The highest BCUT2D eigenvalue weighted by molar-refractivity contribution is 5.92. The number of furan rings is 1. The van der Waals surface area contributed by atoms with E-state index < -0.39 is 11.9 Å². The molecule has 43 heavy (non-hydrogen) atoms. The minimum absolute atomic E-state index is 0.0341. The molecule has 2 atom stereocenters. The van der Waals surface area contributed by atoms with E-state index in [2.05, 4.69) is 10.6 Å². The second kappa shape index (κ2) is 14.0. The predicted octanol–water partition coefficient (Wildman–Crippen LogP) is 3.21. The van der Waals surface area contributed by atoms with Gasteiger partial charge in [-0.05, 0) is 60.4 Å². The fraction of sp³-hybridized carbons (Fsp3) is 0.387. The molecule has 0 bridgehead atoms. The van der Waals surface area contributed by atoms with Crippen LogP contribution in [0.4, 0.5) is 0 Å². The van der Waals surface area contributed by atoms with E-state index in [1.54, 1.807) is 36.4 Å². The first kappa shape index (κ1) is 29.8. The lowest BCUT2D eigenvalue weighted by molar-refractivity contribution is -0.137. The third kappa shape index (κ3) is 7.58. The summed E-state index contributed by atoms with van der Waals surface area (Å²) in [5, 5.41) is 5.78. The first-order chi connectivity index (χ1) is 20.9. The average molecular weight is 594 g/mol. The highest BCUT2D eigenvalue weighted by atomic mass is 16.7. The lowest BCUT2D eigenvalue weighted by atomic mass is 10.0. The first-order valence-corrected chi connectivity index (χ1v) is 14.0. The van der Waals surface area contributed by atoms with E-state index in [0.29, 0.717) is 41.7 Å². The van der Waals surface area contributed by atoms with Crippen molar-refractivity contribution in [3.63, 3.8) is 0 Å². The van der Waals surface area contributed by atoms with Gasteiger partial charge in [-0.1, -0.05) is 12.1 Å². The highest BCUT2D eigenvalue weighted by Gasteiger charge is 2.27. The van der Waals surface area contributed by atoms with Crippen molar-refractivity contribution in [1.29, 1.82) is 0 Å². The summed E-state index contributed by atoms with van der Waals surface area (Å²) in [5.74, 6) is 1.07. The minimum Gasteiger partial charge on any atom is -0.493 e. The molecule has 3 aromatic rings. The maximum Gasteiger partial charge on any atom is 0.287 e. The number of amides is 3. The van der Waals surface area contributed by atoms with Gasteiger partial charge in [0.15, 0.2) is 28.8 Å². The number of benzene rings is 2. The maximum absolute atomic E-state index is 13.9. The van der Waals surface area contributed by atoms with Crippen molar-refractivity contribution < 1.29 is 42.5 Å². The Bertz CT molecular complexity index is 1420. The van der Waals surface area contributed by atoms with Crippen LogP contribution in [0.3, 0.4) is 0 Å². The zero-order valence-corrected chi connectivity index (χ0v) is 24.1. The highest BCUT2D eigenvalue weighted by Crippen LogP contribution is 2.34. The van der Waals surface area contributed by atoms with Crippen LogP contribution in [0.15, 0.2) is 59.2 Å². The molecule has 0 radical (unpaired) electrons. The van der Waals surface area contributed by atoms with E-state index >= 15 is 0 Å². The number of rotatable bonds is 13. The largest absolute Gasteiger partial charge is 0.493 e. The van der Waals surface area contributed by atoms with Gasteiger partial charge in [-0.2, -0.15) is 0 Å². The van der Waals surface area contributed by atoms with Crippen molar-refractivity contribution in [2.24, 2.45) is 0 Å². The minimum atomic E-state index is -0.779. The fourth-order valence-corrected chi connectivity index (χ4v) is 5.02. The summed E-state index contributed by atoms with van der Waals surface area (Å²) in [6, 6.07) is 12.9. The molecule has 228 valence electrons. The Hall–Kier alpha value is -4.71. The van der Waals surface area contributed by atoms with Crippen molar-refractivity contribution in [3.8, 4) is 23.0 Å². The Labute approximate surface area is 249 Å². The summed E-state index contributed by atoms with van der Waals surface area (Å²) in [5.41, 5.74) is 1.36.